The lowest BCUT2D eigenvalue weighted by molar-refractivity contribution is 0.394. The quantitative estimate of drug-likeness (QED) is 0.749. The maximum Gasteiger partial charge on any atom is 0.139 e. The van der Waals surface area contributed by atoms with Gasteiger partial charge in [0, 0.05) is 12.7 Å². The molecule has 80 valence electrons. The second-order valence-electron chi connectivity index (χ2n) is 3.96. The van der Waals surface area contributed by atoms with Crippen LogP contribution in [0.1, 0.15) is 11.4 Å². The fourth-order valence-electron chi connectivity index (χ4n) is 1.68. The molecule has 0 spiro atoms. The number of pyridine rings is 1. The standard InChI is InChI=1S/C11H14FN3/c1-8-10(7-14(2)3)15-6-9(12)4-5-11(15)13-8/h4-6H,7H2,1-3H3. The third-order valence-electron chi connectivity index (χ3n) is 2.35. The Morgan fingerprint density at radius 1 is 1.40 bits per heavy atom. The zero-order chi connectivity index (χ0) is 11.0. The van der Waals surface area contributed by atoms with Crippen LogP contribution in [0.2, 0.25) is 0 Å². The summed E-state index contributed by atoms with van der Waals surface area (Å²) in [5.41, 5.74) is 2.79. The Morgan fingerprint density at radius 2 is 2.13 bits per heavy atom. The van der Waals surface area contributed by atoms with Crippen LogP contribution in [-0.4, -0.2) is 28.4 Å². The lowest BCUT2D eigenvalue weighted by Crippen LogP contribution is -2.13. The molecule has 0 N–H and O–H groups in total. The van der Waals surface area contributed by atoms with E-state index < -0.39 is 0 Å². The van der Waals surface area contributed by atoms with Gasteiger partial charge in [-0.3, -0.25) is 4.40 Å². The average molecular weight is 207 g/mol. The van der Waals surface area contributed by atoms with Crippen molar-refractivity contribution in [2.24, 2.45) is 0 Å². The van der Waals surface area contributed by atoms with Gasteiger partial charge in [0.05, 0.1) is 11.4 Å². The van der Waals surface area contributed by atoms with Gasteiger partial charge in [0.15, 0.2) is 0 Å². The van der Waals surface area contributed by atoms with Gasteiger partial charge in [-0.15, -0.1) is 0 Å². The number of hydrogen-bond acceptors (Lipinski definition) is 2. The van der Waals surface area contributed by atoms with E-state index in [9.17, 15) is 4.39 Å². The first-order valence-corrected chi connectivity index (χ1v) is 4.86. The number of imidazole rings is 1. The molecule has 2 aromatic rings. The molecular formula is C11H14FN3. The lowest BCUT2D eigenvalue weighted by Gasteiger charge is -2.09. The molecule has 2 aromatic heterocycles. The van der Waals surface area contributed by atoms with E-state index in [1.165, 1.54) is 12.3 Å². The van der Waals surface area contributed by atoms with Gasteiger partial charge in [-0.25, -0.2) is 9.37 Å². The first kappa shape index (κ1) is 10.1. The zero-order valence-corrected chi connectivity index (χ0v) is 9.16. The SMILES string of the molecule is Cc1nc2ccc(F)cn2c1CN(C)C. The largest absolute Gasteiger partial charge is 0.304 e. The maximum absolute atomic E-state index is 13.1. The van der Waals surface area contributed by atoms with E-state index in [0.29, 0.717) is 0 Å². The van der Waals surface area contributed by atoms with E-state index in [1.54, 1.807) is 6.07 Å². The van der Waals surface area contributed by atoms with E-state index in [2.05, 4.69) is 4.98 Å². The van der Waals surface area contributed by atoms with Crippen molar-refractivity contribution in [3.8, 4) is 0 Å². The fraction of sp³-hybridized carbons (Fsp3) is 0.364. The highest BCUT2D eigenvalue weighted by Crippen LogP contribution is 2.14. The smallest absolute Gasteiger partial charge is 0.139 e. The van der Waals surface area contributed by atoms with Crippen LogP contribution < -0.4 is 0 Å². The summed E-state index contributed by atoms with van der Waals surface area (Å²) in [4.78, 5) is 6.42. The van der Waals surface area contributed by atoms with Crippen LogP contribution in [-0.2, 0) is 6.54 Å². The molecule has 0 saturated carbocycles. The van der Waals surface area contributed by atoms with Crippen LogP contribution in [0.3, 0.4) is 0 Å². The third-order valence-corrected chi connectivity index (χ3v) is 2.35. The predicted molar refractivity (Wildman–Crippen MR) is 57.3 cm³/mol. The molecule has 0 aliphatic rings. The molecule has 2 heterocycles. The molecule has 15 heavy (non-hydrogen) atoms. The molecule has 0 fully saturated rings. The first-order valence-electron chi connectivity index (χ1n) is 4.86. The van der Waals surface area contributed by atoms with Crippen LogP contribution in [0.4, 0.5) is 4.39 Å². The summed E-state index contributed by atoms with van der Waals surface area (Å²) in [6, 6.07) is 3.13. The molecule has 0 bridgehead atoms. The topological polar surface area (TPSA) is 20.5 Å². The Labute approximate surface area is 88.2 Å². The normalized spacial score (nSPS) is 11.5. The molecule has 2 rings (SSSR count). The van der Waals surface area contributed by atoms with Crippen molar-refractivity contribution >= 4 is 5.65 Å². The Bertz CT molecular complexity index is 488. The Morgan fingerprint density at radius 3 is 2.80 bits per heavy atom. The van der Waals surface area contributed by atoms with Crippen LogP contribution in [0, 0.1) is 12.7 Å². The van der Waals surface area contributed by atoms with Crippen molar-refractivity contribution < 1.29 is 4.39 Å². The molecule has 0 unspecified atom stereocenters. The number of aryl methyl sites for hydroxylation is 1. The van der Waals surface area contributed by atoms with Crippen molar-refractivity contribution in [2.75, 3.05) is 14.1 Å². The Balaban J connectivity index is 2.60. The Hall–Kier alpha value is -1.42. The highest BCUT2D eigenvalue weighted by atomic mass is 19.1. The summed E-state index contributed by atoms with van der Waals surface area (Å²) < 4.78 is 14.9. The number of fused-ring (bicyclic) bond motifs is 1. The van der Waals surface area contributed by atoms with E-state index in [0.717, 1.165) is 23.6 Å². The molecule has 4 heteroatoms. The van der Waals surface area contributed by atoms with Gasteiger partial charge in [0.25, 0.3) is 0 Å². The predicted octanol–water partition coefficient (Wildman–Crippen LogP) is 1.84. The number of hydrogen-bond donors (Lipinski definition) is 0. The van der Waals surface area contributed by atoms with E-state index in [-0.39, 0.29) is 5.82 Å². The van der Waals surface area contributed by atoms with Gasteiger partial charge < -0.3 is 4.90 Å². The summed E-state index contributed by atoms with van der Waals surface area (Å²) >= 11 is 0. The molecule has 0 aliphatic heterocycles. The minimum Gasteiger partial charge on any atom is -0.304 e. The van der Waals surface area contributed by atoms with Crippen LogP contribution >= 0.6 is 0 Å². The fourth-order valence-corrected chi connectivity index (χ4v) is 1.68. The summed E-state index contributed by atoms with van der Waals surface area (Å²) in [6.45, 7) is 2.71. The molecule has 3 nitrogen and oxygen atoms in total. The van der Waals surface area contributed by atoms with Crippen LogP contribution in [0.5, 0.6) is 0 Å². The molecular weight excluding hydrogens is 193 g/mol. The van der Waals surface area contributed by atoms with Gasteiger partial charge in [-0.2, -0.15) is 0 Å². The first-order chi connectivity index (χ1) is 7.08. The second-order valence-corrected chi connectivity index (χ2v) is 3.96. The number of aromatic nitrogens is 2. The zero-order valence-electron chi connectivity index (χ0n) is 9.16. The van der Waals surface area contributed by atoms with Gasteiger partial charge in [0.1, 0.15) is 11.5 Å². The average Bonchev–Trinajstić information content (AvgIpc) is 2.43. The van der Waals surface area contributed by atoms with Crippen molar-refractivity contribution in [3.63, 3.8) is 0 Å². The van der Waals surface area contributed by atoms with Crippen molar-refractivity contribution in [1.29, 1.82) is 0 Å². The third kappa shape index (κ3) is 1.85. The minimum atomic E-state index is -0.236. The summed E-state index contributed by atoms with van der Waals surface area (Å²) in [7, 11) is 3.97. The summed E-state index contributed by atoms with van der Waals surface area (Å²) in [6.07, 6.45) is 1.48. The molecule has 0 amide bonds. The second kappa shape index (κ2) is 3.62. The molecule has 0 atom stereocenters. The van der Waals surface area contributed by atoms with Crippen molar-refractivity contribution in [1.82, 2.24) is 14.3 Å². The maximum atomic E-state index is 13.1. The van der Waals surface area contributed by atoms with Crippen molar-refractivity contribution in [3.05, 3.63) is 35.5 Å². The van der Waals surface area contributed by atoms with Gasteiger partial charge in [0.2, 0.25) is 0 Å². The van der Waals surface area contributed by atoms with E-state index in [1.807, 2.05) is 30.3 Å². The monoisotopic (exact) mass is 207 g/mol. The van der Waals surface area contributed by atoms with Crippen LogP contribution in [0.15, 0.2) is 18.3 Å². The van der Waals surface area contributed by atoms with Gasteiger partial charge in [-0.05, 0) is 33.2 Å². The van der Waals surface area contributed by atoms with Gasteiger partial charge in [-0.1, -0.05) is 0 Å². The summed E-state index contributed by atoms with van der Waals surface area (Å²) in [5, 5.41) is 0. The number of rotatable bonds is 2. The van der Waals surface area contributed by atoms with Gasteiger partial charge >= 0.3 is 0 Å². The minimum absolute atomic E-state index is 0.236. The van der Waals surface area contributed by atoms with Crippen LogP contribution in [0.25, 0.3) is 5.65 Å². The molecule has 0 aromatic carbocycles. The highest BCUT2D eigenvalue weighted by Gasteiger charge is 2.09. The number of halogens is 1. The van der Waals surface area contributed by atoms with E-state index >= 15 is 0 Å². The highest BCUT2D eigenvalue weighted by molar-refractivity contribution is 5.43. The molecule has 0 saturated heterocycles. The molecule has 0 radical (unpaired) electrons. The lowest BCUT2D eigenvalue weighted by atomic mass is 10.3. The molecule has 0 aliphatic carbocycles. The van der Waals surface area contributed by atoms with Crippen molar-refractivity contribution in [2.45, 2.75) is 13.5 Å². The number of nitrogens with zero attached hydrogens (tertiary/aromatic N) is 3. The van der Waals surface area contributed by atoms with E-state index in [4.69, 9.17) is 0 Å². The Kier molecular flexibility index (Phi) is 2.44. The summed E-state index contributed by atoms with van der Waals surface area (Å²) in [5.74, 6) is -0.236.